The van der Waals surface area contributed by atoms with Crippen LogP contribution in [0.15, 0.2) is 4.47 Å². The van der Waals surface area contributed by atoms with Crippen LogP contribution in [0.25, 0.3) is 0 Å². The first-order chi connectivity index (χ1) is 8.18. The van der Waals surface area contributed by atoms with Gasteiger partial charge >= 0.3 is 0 Å². The van der Waals surface area contributed by atoms with Gasteiger partial charge in [-0.25, -0.2) is 18.4 Å². The Morgan fingerprint density at radius 2 is 1.78 bits per heavy atom. The van der Waals surface area contributed by atoms with E-state index in [2.05, 4.69) is 31.2 Å². The Morgan fingerprint density at radius 3 is 2.17 bits per heavy atom. The van der Waals surface area contributed by atoms with Crippen LogP contribution in [-0.2, 0) is 9.84 Å². The molecule has 1 rings (SSSR count). The molecule has 1 N–H and O–H groups in total. The number of nitrogens with zero attached hydrogens (tertiary/aromatic N) is 2. The van der Waals surface area contributed by atoms with Gasteiger partial charge in [-0.2, -0.15) is 0 Å². The zero-order valence-corrected chi connectivity index (χ0v) is 13.6. The maximum Gasteiger partial charge on any atom is 0.157 e. The lowest BCUT2D eigenvalue weighted by Crippen LogP contribution is -2.15. The van der Waals surface area contributed by atoms with Crippen LogP contribution in [0.5, 0.6) is 0 Å². The van der Waals surface area contributed by atoms with Gasteiger partial charge in [-0.15, -0.1) is 0 Å². The lowest BCUT2D eigenvalue weighted by Gasteiger charge is -2.15. The summed E-state index contributed by atoms with van der Waals surface area (Å²) in [5.74, 6) is 1.12. The minimum atomic E-state index is -3.20. The van der Waals surface area contributed by atoms with Crippen molar-refractivity contribution in [1.82, 2.24) is 9.97 Å². The van der Waals surface area contributed by atoms with Gasteiger partial charge in [0.15, 0.2) is 9.84 Å². The molecule has 0 bridgehead atoms. The van der Waals surface area contributed by atoms with Gasteiger partial charge in [-0.1, -0.05) is 13.8 Å². The van der Waals surface area contributed by atoms with Gasteiger partial charge in [0.05, 0.1) is 10.2 Å². The van der Waals surface area contributed by atoms with Crippen LogP contribution in [-0.4, -0.2) is 31.7 Å². The molecule has 1 aromatic rings. The van der Waals surface area contributed by atoms with E-state index in [1.807, 2.05) is 13.8 Å². The Hall–Kier alpha value is -0.690. The van der Waals surface area contributed by atoms with Crippen molar-refractivity contribution in [3.63, 3.8) is 0 Å². The third-order valence-electron chi connectivity index (χ3n) is 2.68. The summed E-state index contributed by atoms with van der Waals surface area (Å²) in [4.78, 5) is 8.62. The number of anilines is 1. The van der Waals surface area contributed by atoms with Crippen molar-refractivity contribution in [2.45, 2.75) is 31.9 Å². The average Bonchev–Trinajstić information content (AvgIpc) is 2.26. The molecular weight excluding hydrogens is 318 g/mol. The molecule has 7 heteroatoms. The zero-order valence-electron chi connectivity index (χ0n) is 11.2. The molecule has 0 fully saturated rings. The van der Waals surface area contributed by atoms with Crippen molar-refractivity contribution >= 4 is 31.6 Å². The first-order valence-electron chi connectivity index (χ1n) is 5.62. The molecule has 0 aliphatic rings. The highest BCUT2D eigenvalue weighted by Crippen LogP contribution is 2.31. The Morgan fingerprint density at radius 1 is 1.22 bits per heavy atom. The smallest absolute Gasteiger partial charge is 0.157 e. The maximum absolute atomic E-state index is 11.6. The van der Waals surface area contributed by atoms with E-state index in [1.54, 1.807) is 14.0 Å². The summed E-state index contributed by atoms with van der Waals surface area (Å²) in [6.45, 7) is 5.60. The molecule has 5 nitrogen and oxygen atoms in total. The Kier molecular flexibility index (Phi) is 4.72. The fourth-order valence-electron chi connectivity index (χ4n) is 1.40. The van der Waals surface area contributed by atoms with Gasteiger partial charge in [-0.3, -0.25) is 0 Å². The van der Waals surface area contributed by atoms with E-state index in [1.165, 1.54) is 6.26 Å². The van der Waals surface area contributed by atoms with E-state index in [4.69, 9.17) is 0 Å². The molecule has 0 amide bonds. The van der Waals surface area contributed by atoms with Gasteiger partial charge in [0.25, 0.3) is 0 Å². The van der Waals surface area contributed by atoms with Gasteiger partial charge in [0.1, 0.15) is 16.9 Å². The van der Waals surface area contributed by atoms with Crippen molar-refractivity contribution in [3.05, 3.63) is 16.0 Å². The number of rotatable bonds is 4. The first kappa shape index (κ1) is 15.4. The molecule has 0 saturated heterocycles. The van der Waals surface area contributed by atoms with Crippen LogP contribution in [0.2, 0.25) is 0 Å². The molecule has 1 heterocycles. The van der Waals surface area contributed by atoms with E-state index < -0.39 is 15.1 Å². The largest absolute Gasteiger partial charge is 0.372 e. The van der Waals surface area contributed by atoms with Crippen LogP contribution in [0.4, 0.5) is 5.82 Å². The van der Waals surface area contributed by atoms with Crippen molar-refractivity contribution in [3.8, 4) is 0 Å². The van der Waals surface area contributed by atoms with Gasteiger partial charge in [-0.05, 0) is 28.8 Å². The van der Waals surface area contributed by atoms with Crippen molar-refractivity contribution in [1.29, 1.82) is 0 Å². The third kappa shape index (κ3) is 3.20. The minimum absolute atomic E-state index is 0.181. The molecule has 0 aliphatic heterocycles. The van der Waals surface area contributed by atoms with Crippen molar-refractivity contribution < 1.29 is 8.42 Å². The Bertz CT molecular complexity index is 543. The van der Waals surface area contributed by atoms with Crippen LogP contribution in [0.1, 0.15) is 43.5 Å². The quantitative estimate of drug-likeness (QED) is 0.915. The number of nitrogens with one attached hydrogen (secondary N) is 1. The van der Waals surface area contributed by atoms with E-state index in [9.17, 15) is 8.42 Å². The number of sulfone groups is 1. The van der Waals surface area contributed by atoms with E-state index >= 15 is 0 Å². The van der Waals surface area contributed by atoms with Gasteiger partial charge in [0, 0.05) is 13.3 Å². The number of aromatic nitrogens is 2. The van der Waals surface area contributed by atoms with Crippen LogP contribution in [0, 0.1) is 0 Å². The molecule has 1 unspecified atom stereocenters. The lowest BCUT2D eigenvalue weighted by molar-refractivity contribution is 0.588. The third-order valence-corrected chi connectivity index (χ3v) is 4.96. The number of halogens is 1. The Balaban J connectivity index is 3.44. The summed E-state index contributed by atoms with van der Waals surface area (Å²) in [6, 6.07) is 0. The highest BCUT2D eigenvalue weighted by molar-refractivity contribution is 9.10. The summed E-state index contributed by atoms with van der Waals surface area (Å²) in [5.41, 5.74) is 0.805. The molecular formula is C11H18BrN3O2S. The van der Waals surface area contributed by atoms with Gasteiger partial charge in [0.2, 0.25) is 0 Å². The monoisotopic (exact) mass is 335 g/mol. The van der Waals surface area contributed by atoms with Crippen molar-refractivity contribution in [2.75, 3.05) is 18.6 Å². The second kappa shape index (κ2) is 5.52. The summed E-state index contributed by atoms with van der Waals surface area (Å²) in [6.07, 6.45) is 1.19. The highest BCUT2D eigenvalue weighted by Gasteiger charge is 2.23. The SMILES string of the molecule is CNc1nc(C(C)S(C)(=O)=O)nc(C(C)C)c1Br. The molecule has 0 saturated carbocycles. The molecule has 0 radical (unpaired) electrons. The van der Waals surface area contributed by atoms with Crippen LogP contribution in [0.3, 0.4) is 0 Å². The summed E-state index contributed by atoms with van der Waals surface area (Å²) in [7, 11) is -1.46. The highest BCUT2D eigenvalue weighted by atomic mass is 79.9. The van der Waals surface area contributed by atoms with E-state index in [0.717, 1.165) is 10.2 Å². The molecule has 1 aromatic heterocycles. The first-order valence-corrected chi connectivity index (χ1v) is 8.37. The predicted molar refractivity (Wildman–Crippen MR) is 76.6 cm³/mol. The topological polar surface area (TPSA) is 72.0 Å². The molecule has 18 heavy (non-hydrogen) atoms. The molecule has 0 aromatic carbocycles. The van der Waals surface area contributed by atoms with E-state index in [-0.39, 0.29) is 5.92 Å². The normalized spacial score (nSPS) is 13.7. The molecule has 102 valence electrons. The fourth-order valence-corrected chi connectivity index (χ4v) is 2.73. The minimum Gasteiger partial charge on any atom is -0.372 e. The second-order valence-corrected chi connectivity index (χ2v) is 7.67. The van der Waals surface area contributed by atoms with Crippen molar-refractivity contribution in [2.24, 2.45) is 0 Å². The fraction of sp³-hybridized carbons (Fsp3) is 0.636. The summed E-state index contributed by atoms with van der Waals surface area (Å²) >= 11 is 3.44. The molecule has 1 atom stereocenters. The standard InChI is InChI=1S/C11H18BrN3O2S/c1-6(2)9-8(12)11(13-4)15-10(14-9)7(3)18(5,16)17/h6-7H,1-5H3,(H,13,14,15). The molecule has 0 spiro atoms. The second-order valence-electron chi connectivity index (χ2n) is 4.51. The lowest BCUT2D eigenvalue weighted by atomic mass is 10.1. The summed E-state index contributed by atoms with van der Waals surface area (Å²) < 4.78 is 24.0. The number of hydrogen-bond acceptors (Lipinski definition) is 5. The average molecular weight is 336 g/mol. The maximum atomic E-state index is 11.6. The zero-order chi connectivity index (χ0) is 14.1. The molecule has 0 aliphatic carbocycles. The van der Waals surface area contributed by atoms with Crippen LogP contribution < -0.4 is 5.32 Å². The van der Waals surface area contributed by atoms with Gasteiger partial charge < -0.3 is 5.32 Å². The predicted octanol–water partition coefficient (Wildman–Crippen LogP) is 2.51. The number of hydrogen-bond donors (Lipinski definition) is 1. The van der Waals surface area contributed by atoms with Crippen LogP contribution >= 0.6 is 15.9 Å². The van der Waals surface area contributed by atoms with E-state index in [0.29, 0.717) is 11.6 Å². The summed E-state index contributed by atoms with van der Waals surface area (Å²) in [5, 5.41) is 2.23. The Labute approximate surface area is 116 Å².